The lowest BCUT2D eigenvalue weighted by Gasteiger charge is -2.43. The Hall–Kier alpha value is -0.730. The summed E-state index contributed by atoms with van der Waals surface area (Å²) in [6.45, 7) is 4.20. The molecule has 0 aromatic heterocycles. The van der Waals surface area contributed by atoms with Gasteiger partial charge in [-0.1, -0.05) is 13.8 Å². The fourth-order valence-corrected chi connectivity index (χ4v) is 3.13. The van der Waals surface area contributed by atoms with Crippen molar-refractivity contribution in [3.05, 3.63) is 0 Å². The first-order valence-corrected chi connectivity index (χ1v) is 7.41. The number of likely N-dealkylation sites (tertiary alicyclic amines) is 1. The van der Waals surface area contributed by atoms with E-state index in [2.05, 4.69) is 13.8 Å². The van der Waals surface area contributed by atoms with E-state index in [9.17, 15) is 25.2 Å². The quantitative estimate of drug-likeness (QED) is 0.513. The summed E-state index contributed by atoms with van der Waals surface area (Å²) in [5, 5.41) is 39.3. The van der Waals surface area contributed by atoms with E-state index in [4.69, 9.17) is 4.74 Å². The van der Waals surface area contributed by atoms with Crippen molar-refractivity contribution >= 4 is 5.91 Å². The van der Waals surface area contributed by atoms with Gasteiger partial charge in [-0.05, 0) is 18.3 Å². The average molecular weight is 303 g/mol. The van der Waals surface area contributed by atoms with Crippen LogP contribution in [0.5, 0.6) is 0 Å². The molecule has 5 atom stereocenters. The molecule has 2 heterocycles. The molecule has 2 rings (SSSR count). The van der Waals surface area contributed by atoms with E-state index in [-0.39, 0.29) is 25.0 Å². The summed E-state index contributed by atoms with van der Waals surface area (Å²) >= 11 is 0. The van der Waals surface area contributed by atoms with Crippen molar-refractivity contribution < 1.29 is 30.0 Å². The Kier molecular flexibility index (Phi) is 4.89. The molecular formula is C14H25NO6. The van der Waals surface area contributed by atoms with Crippen LogP contribution in [0, 0.1) is 11.8 Å². The van der Waals surface area contributed by atoms with Crippen LogP contribution in [0.3, 0.4) is 0 Å². The van der Waals surface area contributed by atoms with E-state index in [1.807, 2.05) is 0 Å². The summed E-state index contributed by atoms with van der Waals surface area (Å²) in [5.74, 6) is -1.41. The Morgan fingerprint density at radius 2 is 2.05 bits per heavy atom. The number of carbonyl (C=O) groups excluding carboxylic acids is 1. The summed E-state index contributed by atoms with van der Waals surface area (Å²) in [5.41, 5.74) is 0. The molecule has 0 aromatic carbocycles. The number of ether oxygens (including phenoxy) is 1. The molecule has 2 fully saturated rings. The molecule has 2 saturated heterocycles. The van der Waals surface area contributed by atoms with Gasteiger partial charge in [0.2, 0.25) is 11.7 Å². The van der Waals surface area contributed by atoms with Gasteiger partial charge in [0.1, 0.15) is 18.3 Å². The van der Waals surface area contributed by atoms with Crippen LogP contribution in [0.1, 0.15) is 26.7 Å². The third-order valence-corrected chi connectivity index (χ3v) is 4.20. The molecule has 0 bridgehead atoms. The van der Waals surface area contributed by atoms with E-state index in [0.717, 1.165) is 6.42 Å². The van der Waals surface area contributed by atoms with Crippen LogP contribution in [0.25, 0.3) is 0 Å². The molecule has 0 aliphatic carbocycles. The molecule has 1 unspecified atom stereocenters. The SMILES string of the molecule is CC(C)C[C@@H]1CC(=O)N(CC2(O)OC[C@@H](O)[C@@H](O)[C@@H]2O)C1. The second-order valence-electron chi connectivity index (χ2n) is 6.63. The highest BCUT2D eigenvalue weighted by Gasteiger charge is 2.50. The lowest BCUT2D eigenvalue weighted by Crippen LogP contribution is -2.64. The highest BCUT2D eigenvalue weighted by atomic mass is 16.6. The highest BCUT2D eigenvalue weighted by Crippen LogP contribution is 2.29. The Labute approximate surface area is 124 Å². The van der Waals surface area contributed by atoms with E-state index < -0.39 is 24.1 Å². The largest absolute Gasteiger partial charge is 0.388 e. The lowest BCUT2D eigenvalue weighted by molar-refractivity contribution is -0.323. The molecule has 7 heteroatoms. The van der Waals surface area contributed by atoms with Crippen LogP contribution in [0.4, 0.5) is 0 Å². The number of rotatable bonds is 4. The van der Waals surface area contributed by atoms with Gasteiger partial charge in [0.05, 0.1) is 13.2 Å². The van der Waals surface area contributed by atoms with E-state index in [1.54, 1.807) is 0 Å². The minimum absolute atomic E-state index is 0.0921. The fourth-order valence-electron chi connectivity index (χ4n) is 3.13. The average Bonchev–Trinajstić information content (AvgIpc) is 2.71. The Balaban J connectivity index is 1.99. The second-order valence-corrected chi connectivity index (χ2v) is 6.63. The summed E-state index contributed by atoms with van der Waals surface area (Å²) in [6.07, 6.45) is -3.05. The van der Waals surface area contributed by atoms with E-state index >= 15 is 0 Å². The van der Waals surface area contributed by atoms with Gasteiger partial charge in [0.15, 0.2) is 0 Å². The van der Waals surface area contributed by atoms with Gasteiger partial charge in [-0.3, -0.25) is 4.79 Å². The van der Waals surface area contributed by atoms with Crippen LogP contribution in [-0.4, -0.2) is 75.0 Å². The number of hydrogen-bond donors (Lipinski definition) is 4. The van der Waals surface area contributed by atoms with Gasteiger partial charge in [-0.15, -0.1) is 0 Å². The summed E-state index contributed by atoms with van der Waals surface area (Å²) in [4.78, 5) is 13.5. The number of aliphatic hydroxyl groups is 4. The molecule has 2 aliphatic rings. The molecule has 1 amide bonds. The van der Waals surface area contributed by atoms with Crippen LogP contribution in [0.15, 0.2) is 0 Å². The summed E-state index contributed by atoms with van der Waals surface area (Å²) < 4.78 is 5.09. The topological polar surface area (TPSA) is 110 Å². The lowest BCUT2D eigenvalue weighted by atomic mass is 9.96. The number of nitrogens with zero attached hydrogens (tertiary/aromatic N) is 1. The number of amides is 1. The van der Waals surface area contributed by atoms with E-state index in [0.29, 0.717) is 18.9 Å². The van der Waals surface area contributed by atoms with Crippen molar-refractivity contribution in [2.45, 2.75) is 50.8 Å². The molecule has 7 nitrogen and oxygen atoms in total. The maximum absolute atomic E-state index is 12.0. The maximum Gasteiger partial charge on any atom is 0.223 e. The minimum Gasteiger partial charge on any atom is -0.388 e. The molecule has 4 N–H and O–H groups in total. The van der Waals surface area contributed by atoms with Crippen molar-refractivity contribution in [2.24, 2.45) is 11.8 Å². The van der Waals surface area contributed by atoms with Gasteiger partial charge >= 0.3 is 0 Å². The van der Waals surface area contributed by atoms with Gasteiger partial charge in [-0.25, -0.2) is 0 Å². The van der Waals surface area contributed by atoms with Crippen molar-refractivity contribution in [3.63, 3.8) is 0 Å². The standard InChI is InChI=1S/C14H25NO6/c1-8(2)3-9-4-11(17)15(5-9)7-14(20)13(19)12(18)10(16)6-21-14/h8-10,12-13,16,18-20H,3-7H2,1-2H3/t9-,10-,12-,13+,14?/m1/s1. The third-order valence-electron chi connectivity index (χ3n) is 4.20. The van der Waals surface area contributed by atoms with Gasteiger partial charge in [-0.2, -0.15) is 0 Å². The third kappa shape index (κ3) is 3.54. The number of hydrogen-bond acceptors (Lipinski definition) is 6. The van der Waals surface area contributed by atoms with Crippen molar-refractivity contribution in [3.8, 4) is 0 Å². The normalized spacial score (nSPS) is 41.1. The maximum atomic E-state index is 12.0. The molecule has 2 aliphatic heterocycles. The molecule has 0 aromatic rings. The predicted molar refractivity (Wildman–Crippen MR) is 73.1 cm³/mol. The van der Waals surface area contributed by atoms with Crippen molar-refractivity contribution in [1.82, 2.24) is 4.90 Å². The zero-order chi connectivity index (χ0) is 15.8. The zero-order valence-corrected chi connectivity index (χ0v) is 12.5. The van der Waals surface area contributed by atoms with Crippen LogP contribution < -0.4 is 0 Å². The molecular weight excluding hydrogens is 278 g/mol. The second kappa shape index (κ2) is 6.18. The fraction of sp³-hybridized carbons (Fsp3) is 0.929. The van der Waals surface area contributed by atoms with Crippen LogP contribution >= 0.6 is 0 Å². The van der Waals surface area contributed by atoms with Crippen LogP contribution in [0.2, 0.25) is 0 Å². The van der Waals surface area contributed by atoms with Crippen LogP contribution in [-0.2, 0) is 9.53 Å². The van der Waals surface area contributed by atoms with Crippen molar-refractivity contribution in [1.29, 1.82) is 0 Å². The monoisotopic (exact) mass is 303 g/mol. The first kappa shape index (κ1) is 16.6. The Morgan fingerprint density at radius 3 is 2.67 bits per heavy atom. The summed E-state index contributed by atoms with van der Waals surface area (Å²) in [7, 11) is 0. The minimum atomic E-state index is -2.04. The number of aliphatic hydroxyl groups excluding tert-OH is 3. The first-order chi connectivity index (χ1) is 9.73. The van der Waals surface area contributed by atoms with Gasteiger partial charge in [0.25, 0.3) is 0 Å². The molecule has 0 radical (unpaired) electrons. The zero-order valence-electron chi connectivity index (χ0n) is 12.5. The predicted octanol–water partition coefficient (Wildman–Crippen LogP) is -1.32. The molecule has 21 heavy (non-hydrogen) atoms. The number of β-amino-alcohol motifs (C(OH)–C–C–N with tert-alkyl or cyclic N) is 1. The first-order valence-electron chi connectivity index (χ1n) is 7.41. The Bertz CT molecular complexity index is 390. The van der Waals surface area contributed by atoms with Crippen molar-refractivity contribution in [2.75, 3.05) is 19.7 Å². The molecule has 0 spiro atoms. The van der Waals surface area contributed by atoms with Gasteiger partial charge < -0.3 is 30.1 Å². The number of carbonyl (C=O) groups is 1. The smallest absolute Gasteiger partial charge is 0.223 e. The molecule has 0 saturated carbocycles. The Morgan fingerprint density at radius 1 is 1.38 bits per heavy atom. The van der Waals surface area contributed by atoms with Gasteiger partial charge in [0, 0.05) is 13.0 Å². The highest BCUT2D eigenvalue weighted by molar-refractivity contribution is 5.78. The summed E-state index contributed by atoms with van der Waals surface area (Å²) in [6, 6.07) is 0. The van der Waals surface area contributed by atoms with E-state index in [1.165, 1.54) is 4.90 Å². The molecule has 122 valence electrons.